The van der Waals surface area contributed by atoms with Gasteiger partial charge in [-0.3, -0.25) is 9.59 Å². The summed E-state index contributed by atoms with van der Waals surface area (Å²) in [6.07, 6.45) is 0.827. The minimum Gasteiger partial charge on any atom is -0.507 e. The molecular formula is C29H38N2O6. The summed E-state index contributed by atoms with van der Waals surface area (Å²) in [5, 5.41) is 23.7. The van der Waals surface area contributed by atoms with E-state index in [9.17, 15) is 19.8 Å². The summed E-state index contributed by atoms with van der Waals surface area (Å²) < 4.78 is 11.6. The van der Waals surface area contributed by atoms with Gasteiger partial charge in [-0.05, 0) is 68.7 Å². The van der Waals surface area contributed by atoms with Crippen molar-refractivity contribution in [3.05, 3.63) is 58.1 Å². The average molecular weight is 511 g/mol. The van der Waals surface area contributed by atoms with E-state index in [0.717, 1.165) is 27.8 Å². The van der Waals surface area contributed by atoms with Crippen LogP contribution in [0.2, 0.25) is 0 Å². The van der Waals surface area contributed by atoms with Crippen molar-refractivity contribution >= 4 is 11.8 Å². The Balaban J connectivity index is 1.34. The van der Waals surface area contributed by atoms with Gasteiger partial charge >= 0.3 is 0 Å². The highest BCUT2D eigenvalue weighted by molar-refractivity contribution is 5.86. The normalized spacial score (nSPS) is 23.8. The molecule has 0 aromatic heterocycles. The molecule has 8 heteroatoms. The Hall–Kier alpha value is -3.10. The van der Waals surface area contributed by atoms with Gasteiger partial charge in [0.2, 0.25) is 5.91 Å². The minimum absolute atomic E-state index is 0.0512. The van der Waals surface area contributed by atoms with E-state index in [4.69, 9.17) is 9.47 Å². The first kappa shape index (κ1) is 26.9. The number of hydrogen-bond donors (Lipinski definition) is 3. The molecule has 4 rings (SSSR count). The number of hydrogen-bond acceptors (Lipinski definition) is 6. The summed E-state index contributed by atoms with van der Waals surface area (Å²) in [6.45, 7) is 9.70. The quantitative estimate of drug-likeness (QED) is 0.528. The predicted octanol–water partition coefficient (Wildman–Crippen LogP) is 3.29. The van der Waals surface area contributed by atoms with Gasteiger partial charge < -0.3 is 29.9 Å². The molecule has 0 radical (unpaired) electrons. The molecule has 2 aromatic carbocycles. The Morgan fingerprint density at radius 3 is 2.57 bits per heavy atom. The van der Waals surface area contributed by atoms with Crippen LogP contribution in [0.25, 0.3) is 0 Å². The number of aliphatic hydroxyl groups is 1. The lowest BCUT2D eigenvalue weighted by Gasteiger charge is -2.37. The number of nitrogens with one attached hydrogen (secondary N) is 1. The third-order valence-electron chi connectivity index (χ3n) is 7.86. The molecule has 2 aromatic rings. The zero-order valence-corrected chi connectivity index (χ0v) is 22.3. The molecule has 0 aliphatic carbocycles. The zero-order valence-electron chi connectivity index (χ0n) is 22.3. The molecule has 4 unspecified atom stereocenters. The maximum atomic E-state index is 13.2. The lowest BCUT2D eigenvalue weighted by molar-refractivity contribution is -0.138. The molecule has 2 amide bonds. The topological polar surface area (TPSA) is 108 Å². The summed E-state index contributed by atoms with van der Waals surface area (Å²) in [5.74, 6) is 0.510. The van der Waals surface area contributed by atoms with Gasteiger partial charge in [0.25, 0.3) is 5.91 Å². The van der Waals surface area contributed by atoms with E-state index in [1.165, 1.54) is 0 Å². The summed E-state index contributed by atoms with van der Waals surface area (Å²) in [7, 11) is 0. The van der Waals surface area contributed by atoms with Crippen LogP contribution in [0.3, 0.4) is 0 Å². The van der Waals surface area contributed by atoms with Crippen molar-refractivity contribution in [1.82, 2.24) is 10.2 Å². The minimum atomic E-state index is -1.04. The van der Waals surface area contributed by atoms with Crippen molar-refractivity contribution in [2.45, 2.75) is 78.2 Å². The van der Waals surface area contributed by atoms with Gasteiger partial charge in [-0.25, -0.2) is 0 Å². The maximum absolute atomic E-state index is 13.2. The van der Waals surface area contributed by atoms with Crippen molar-refractivity contribution in [3.8, 4) is 11.5 Å². The molecule has 3 N–H and O–H groups in total. The Morgan fingerprint density at radius 2 is 1.86 bits per heavy atom. The monoisotopic (exact) mass is 510 g/mol. The fraction of sp³-hybridized carbons (Fsp3) is 0.517. The number of carbonyl (C=O) groups is 2. The molecule has 1 saturated heterocycles. The second-order valence-electron chi connectivity index (χ2n) is 10.7. The van der Waals surface area contributed by atoms with Gasteiger partial charge in [0.15, 0.2) is 11.9 Å². The van der Waals surface area contributed by atoms with Gasteiger partial charge in [-0.1, -0.05) is 37.3 Å². The van der Waals surface area contributed by atoms with E-state index in [2.05, 4.69) is 5.32 Å². The number of ether oxygens (including phenoxy) is 2. The van der Waals surface area contributed by atoms with Crippen molar-refractivity contribution in [1.29, 1.82) is 0 Å². The highest BCUT2D eigenvalue weighted by Crippen LogP contribution is 2.43. The van der Waals surface area contributed by atoms with Crippen LogP contribution >= 0.6 is 0 Å². The van der Waals surface area contributed by atoms with E-state index in [-0.39, 0.29) is 36.6 Å². The molecule has 2 aliphatic heterocycles. The SMILES string of the molecule is Cc1c(C)c2c(c(C)c1O)CCC(C)(C(=O)NCC(C)CC(=O)N1COC(O)C1Cc1ccccc1)O2. The number of phenols is 1. The van der Waals surface area contributed by atoms with Crippen LogP contribution in [-0.4, -0.2) is 58.1 Å². The van der Waals surface area contributed by atoms with Crippen molar-refractivity contribution in [3.63, 3.8) is 0 Å². The highest BCUT2D eigenvalue weighted by Gasteiger charge is 2.41. The Bertz CT molecular complexity index is 1170. The number of rotatable bonds is 7. The molecule has 1 fully saturated rings. The Kier molecular flexibility index (Phi) is 7.80. The van der Waals surface area contributed by atoms with Gasteiger partial charge in [0, 0.05) is 24.9 Å². The molecule has 0 saturated carbocycles. The third kappa shape index (κ3) is 5.45. The van der Waals surface area contributed by atoms with E-state index < -0.39 is 17.9 Å². The van der Waals surface area contributed by atoms with Crippen molar-refractivity contribution in [2.24, 2.45) is 5.92 Å². The van der Waals surface area contributed by atoms with E-state index in [1.807, 2.05) is 58.0 Å². The Labute approximate surface area is 218 Å². The maximum Gasteiger partial charge on any atom is 0.263 e. The van der Waals surface area contributed by atoms with Crippen LogP contribution in [0.4, 0.5) is 0 Å². The van der Waals surface area contributed by atoms with E-state index >= 15 is 0 Å². The van der Waals surface area contributed by atoms with Gasteiger partial charge in [-0.2, -0.15) is 0 Å². The van der Waals surface area contributed by atoms with E-state index in [1.54, 1.807) is 11.8 Å². The molecule has 2 heterocycles. The average Bonchev–Trinajstić information content (AvgIpc) is 3.25. The summed E-state index contributed by atoms with van der Waals surface area (Å²) in [6, 6.07) is 9.26. The molecule has 8 nitrogen and oxygen atoms in total. The number of nitrogens with zero attached hydrogens (tertiary/aromatic N) is 1. The zero-order chi connectivity index (χ0) is 26.9. The number of aromatic hydroxyl groups is 1. The highest BCUT2D eigenvalue weighted by atomic mass is 16.6. The first-order chi connectivity index (χ1) is 17.5. The standard InChI is InChI=1S/C29H38N2O6/c1-17(13-24(32)31-16-36-27(34)23(31)14-21-9-7-6-8-10-21)15-30-28(35)29(5)12-11-22-20(4)25(33)18(2)19(3)26(22)37-29/h6-10,17,23,27,33-34H,11-16H2,1-5H3,(H,30,35). The van der Waals surface area contributed by atoms with Crippen LogP contribution in [0, 0.1) is 26.7 Å². The predicted molar refractivity (Wildman–Crippen MR) is 139 cm³/mol. The van der Waals surface area contributed by atoms with Crippen LogP contribution < -0.4 is 10.1 Å². The lowest BCUT2D eigenvalue weighted by atomic mass is 9.86. The van der Waals surface area contributed by atoms with Crippen LogP contribution in [0.5, 0.6) is 11.5 Å². The number of benzene rings is 2. The lowest BCUT2D eigenvalue weighted by Crippen LogP contribution is -2.52. The van der Waals surface area contributed by atoms with Gasteiger partial charge in [-0.15, -0.1) is 0 Å². The Morgan fingerprint density at radius 1 is 1.16 bits per heavy atom. The van der Waals surface area contributed by atoms with Gasteiger partial charge in [0.05, 0.1) is 6.04 Å². The molecule has 0 bridgehead atoms. The third-order valence-corrected chi connectivity index (χ3v) is 7.86. The molecule has 0 spiro atoms. The van der Waals surface area contributed by atoms with Crippen LogP contribution in [0.15, 0.2) is 30.3 Å². The van der Waals surface area contributed by atoms with Crippen molar-refractivity contribution in [2.75, 3.05) is 13.3 Å². The first-order valence-electron chi connectivity index (χ1n) is 12.9. The number of phenolic OH excluding ortho intramolecular Hbond substituents is 1. The summed E-state index contributed by atoms with van der Waals surface area (Å²) in [5.41, 5.74) is 3.34. The summed E-state index contributed by atoms with van der Waals surface area (Å²) >= 11 is 0. The molecule has 4 atom stereocenters. The first-order valence-corrected chi connectivity index (χ1v) is 12.9. The molecule has 2 aliphatic rings. The largest absolute Gasteiger partial charge is 0.507 e. The van der Waals surface area contributed by atoms with Crippen LogP contribution in [0.1, 0.15) is 54.5 Å². The number of aliphatic hydroxyl groups excluding tert-OH is 1. The number of fused-ring (bicyclic) bond motifs is 1. The van der Waals surface area contributed by atoms with Crippen LogP contribution in [-0.2, 0) is 27.2 Å². The fourth-order valence-corrected chi connectivity index (χ4v) is 5.19. The fourth-order valence-electron chi connectivity index (χ4n) is 5.19. The molecule has 200 valence electrons. The number of amides is 2. The molecule has 37 heavy (non-hydrogen) atoms. The van der Waals surface area contributed by atoms with Gasteiger partial charge in [0.1, 0.15) is 18.2 Å². The summed E-state index contributed by atoms with van der Waals surface area (Å²) in [4.78, 5) is 27.8. The second kappa shape index (κ2) is 10.7. The van der Waals surface area contributed by atoms with Crippen molar-refractivity contribution < 1.29 is 29.3 Å². The number of carbonyl (C=O) groups excluding carboxylic acids is 2. The smallest absolute Gasteiger partial charge is 0.263 e. The second-order valence-corrected chi connectivity index (χ2v) is 10.7. The van der Waals surface area contributed by atoms with E-state index in [0.29, 0.717) is 31.6 Å². The molecular weight excluding hydrogens is 472 g/mol.